The third-order valence-corrected chi connectivity index (χ3v) is 6.97. The van der Waals surface area contributed by atoms with E-state index in [1.54, 1.807) is 37.4 Å². The number of alkyl carbamates (subject to hydrolysis) is 1. The predicted octanol–water partition coefficient (Wildman–Crippen LogP) is 6.65. The minimum atomic E-state index is -0.795. The summed E-state index contributed by atoms with van der Waals surface area (Å²) >= 11 is 1.61. The molecule has 0 aromatic heterocycles. The molecule has 0 aliphatic heterocycles. The second-order valence-corrected chi connectivity index (χ2v) is 12.4. The molecule has 222 valence electrons. The zero-order valence-corrected chi connectivity index (χ0v) is 26.4. The van der Waals surface area contributed by atoms with E-state index in [-0.39, 0.29) is 17.9 Å². The number of benzene rings is 1. The van der Waals surface area contributed by atoms with E-state index in [1.165, 1.54) is 18.4 Å². The van der Waals surface area contributed by atoms with E-state index in [0.29, 0.717) is 18.7 Å². The van der Waals surface area contributed by atoms with Crippen molar-refractivity contribution in [2.24, 2.45) is 0 Å². The maximum Gasteiger partial charge on any atom is 0.408 e. The van der Waals surface area contributed by atoms with Crippen molar-refractivity contribution in [3.05, 3.63) is 35.4 Å². The Morgan fingerprint density at radius 2 is 1.56 bits per heavy atom. The molecule has 39 heavy (non-hydrogen) atoms. The van der Waals surface area contributed by atoms with E-state index < -0.39 is 23.8 Å². The Balaban J connectivity index is 3.41. The number of thioether (sulfide) groups is 1. The van der Waals surface area contributed by atoms with Crippen molar-refractivity contribution >= 4 is 29.7 Å². The molecule has 0 saturated carbocycles. The Bertz CT molecular complexity index is 868. The smallest absolute Gasteiger partial charge is 0.408 e. The van der Waals surface area contributed by atoms with Crippen LogP contribution in [0.1, 0.15) is 111 Å². The van der Waals surface area contributed by atoms with Gasteiger partial charge in [0.1, 0.15) is 17.7 Å². The van der Waals surface area contributed by atoms with Gasteiger partial charge in [0.15, 0.2) is 0 Å². The number of hydrogen-bond acceptors (Lipinski definition) is 5. The summed E-state index contributed by atoms with van der Waals surface area (Å²) in [5.41, 5.74) is 1.25. The quantitative estimate of drug-likeness (QED) is 0.207. The SMILES string of the molecule is CCCCCCCCN(C(=O)C(CCSC)NC(=O)OC(C)(C)C)C(C(=O)NC(C)C)c1ccc(CC)cc1. The van der Waals surface area contributed by atoms with Crippen LogP contribution in [-0.4, -0.2) is 59.0 Å². The highest BCUT2D eigenvalue weighted by molar-refractivity contribution is 7.98. The summed E-state index contributed by atoms with van der Waals surface area (Å²) in [6, 6.07) is 6.26. The standard InChI is InChI=1S/C31H53N3O4S/c1-9-11-12-13-14-15-21-34(29(36)26(20-22-39-8)33-30(37)38-31(5,6)7)27(28(35)32-23(3)4)25-18-16-24(10-2)17-19-25/h16-19,23,26-27H,9-15,20-22H2,1-8H3,(H,32,35)(H,33,37). The number of unbranched alkanes of at least 4 members (excludes halogenated alkanes) is 5. The minimum Gasteiger partial charge on any atom is -0.444 e. The number of carbonyl (C=O) groups excluding carboxylic acids is 3. The lowest BCUT2D eigenvalue weighted by Gasteiger charge is -2.35. The van der Waals surface area contributed by atoms with Gasteiger partial charge >= 0.3 is 6.09 Å². The zero-order chi connectivity index (χ0) is 29.4. The van der Waals surface area contributed by atoms with Crippen LogP contribution in [0.5, 0.6) is 0 Å². The molecule has 1 rings (SSSR count). The van der Waals surface area contributed by atoms with E-state index in [1.807, 2.05) is 44.4 Å². The third-order valence-electron chi connectivity index (χ3n) is 6.33. The van der Waals surface area contributed by atoms with E-state index in [9.17, 15) is 14.4 Å². The van der Waals surface area contributed by atoms with E-state index in [2.05, 4.69) is 24.5 Å². The number of hydrogen-bond donors (Lipinski definition) is 2. The monoisotopic (exact) mass is 563 g/mol. The number of nitrogens with zero attached hydrogens (tertiary/aromatic N) is 1. The summed E-state index contributed by atoms with van der Waals surface area (Å²) in [6.07, 6.45) is 9.06. The minimum absolute atomic E-state index is 0.0758. The molecule has 0 aliphatic rings. The molecule has 1 aromatic carbocycles. The van der Waals surface area contributed by atoms with Crippen LogP contribution in [0.3, 0.4) is 0 Å². The second-order valence-electron chi connectivity index (χ2n) is 11.4. The van der Waals surface area contributed by atoms with Gasteiger partial charge in [-0.1, -0.05) is 70.2 Å². The first-order valence-corrected chi connectivity index (χ1v) is 16.0. The Morgan fingerprint density at radius 3 is 2.10 bits per heavy atom. The molecule has 0 saturated heterocycles. The summed E-state index contributed by atoms with van der Waals surface area (Å²) < 4.78 is 5.48. The topological polar surface area (TPSA) is 87.7 Å². The van der Waals surface area contributed by atoms with Crippen molar-refractivity contribution in [1.82, 2.24) is 15.5 Å². The fourth-order valence-electron chi connectivity index (χ4n) is 4.34. The van der Waals surface area contributed by atoms with Gasteiger partial charge < -0.3 is 20.3 Å². The molecule has 0 fully saturated rings. The van der Waals surface area contributed by atoms with Gasteiger partial charge in [-0.25, -0.2) is 4.79 Å². The normalized spacial score (nSPS) is 13.1. The Labute approximate surface area is 241 Å². The van der Waals surface area contributed by atoms with Crippen molar-refractivity contribution in [2.75, 3.05) is 18.6 Å². The summed E-state index contributed by atoms with van der Waals surface area (Å²) in [5, 5.41) is 5.84. The van der Waals surface area contributed by atoms with Crippen molar-refractivity contribution in [1.29, 1.82) is 0 Å². The van der Waals surface area contributed by atoms with Crippen LogP contribution in [0.25, 0.3) is 0 Å². The van der Waals surface area contributed by atoms with Gasteiger partial charge in [0.05, 0.1) is 0 Å². The van der Waals surface area contributed by atoms with Gasteiger partial charge in [-0.2, -0.15) is 11.8 Å². The first-order chi connectivity index (χ1) is 18.4. The molecule has 3 amide bonds. The van der Waals surface area contributed by atoms with Crippen LogP contribution >= 0.6 is 11.8 Å². The molecule has 0 aliphatic carbocycles. The zero-order valence-electron chi connectivity index (χ0n) is 25.6. The van der Waals surface area contributed by atoms with Crippen LogP contribution in [-0.2, 0) is 20.7 Å². The number of carbonyl (C=O) groups is 3. The third kappa shape index (κ3) is 13.6. The number of nitrogens with one attached hydrogen (secondary N) is 2. The molecule has 8 heteroatoms. The average Bonchev–Trinajstić information content (AvgIpc) is 2.86. The largest absolute Gasteiger partial charge is 0.444 e. The highest BCUT2D eigenvalue weighted by Crippen LogP contribution is 2.25. The highest BCUT2D eigenvalue weighted by Gasteiger charge is 2.36. The van der Waals surface area contributed by atoms with E-state index >= 15 is 0 Å². The van der Waals surface area contributed by atoms with E-state index in [4.69, 9.17) is 4.74 Å². The van der Waals surface area contributed by atoms with Gasteiger partial charge in [0.25, 0.3) is 0 Å². The van der Waals surface area contributed by atoms with Gasteiger partial charge in [0.2, 0.25) is 11.8 Å². The molecule has 7 nitrogen and oxygen atoms in total. The predicted molar refractivity (Wildman–Crippen MR) is 163 cm³/mol. The Hall–Kier alpha value is -2.22. The fourth-order valence-corrected chi connectivity index (χ4v) is 4.82. The molecule has 1 aromatic rings. The molecule has 0 spiro atoms. The average molecular weight is 564 g/mol. The van der Waals surface area contributed by atoms with Crippen LogP contribution in [0.2, 0.25) is 0 Å². The van der Waals surface area contributed by atoms with Gasteiger partial charge in [-0.3, -0.25) is 9.59 Å². The van der Waals surface area contributed by atoms with Crippen LogP contribution in [0.4, 0.5) is 4.79 Å². The van der Waals surface area contributed by atoms with Crippen molar-refractivity contribution in [3.63, 3.8) is 0 Å². The number of aryl methyl sites for hydroxylation is 1. The number of ether oxygens (including phenoxy) is 1. The maximum absolute atomic E-state index is 14.2. The Kier molecular flexibility index (Phi) is 16.2. The fraction of sp³-hybridized carbons (Fsp3) is 0.710. The highest BCUT2D eigenvalue weighted by atomic mass is 32.2. The Morgan fingerprint density at radius 1 is 0.949 bits per heavy atom. The molecular formula is C31H53N3O4S. The van der Waals surface area contributed by atoms with Crippen LogP contribution in [0.15, 0.2) is 24.3 Å². The van der Waals surface area contributed by atoms with E-state index in [0.717, 1.165) is 37.7 Å². The maximum atomic E-state index is 14.2. The lowest BCUT2D eigenvalue weighted by atomic mass is 9.99. The summed E-state index contributed by atoms with van der Waals surface area (Å²) in [5.74, 6) is 0.215. The molecule has 0 bridgehead atoms. The van der Waals surface area contributed by atoms with Crippen molar-refractivity contribution in [3.8, 4) is 0 Å². The molecule has 2 unspecified atom stereocenters. The molecule has 2 atom stereocenters. The molecule has 2 N–H and O–H groups in total. The summed E-state index contributed by atoms with van der Waals surface area (Å²) in [7, 11) is 0. The van der Waals surface area contributed by atoms with Crippen LogP contribution in [0, 0.1) is 0 Å². The first kappa shape index (κ1) is 34.8. The summed E-state index contributed by atoms with van der Waals surface area (Å²) in [6.45, 7) is 13.9. The molecule has 0 radical (unpaired) electrons. The van der Waals surface area contributed by atoms with Crippen molar-refractivity contribution < 1.29 is 19.1 Å². The number of rotatable bonds is 17. The lowest BCUT2D eigenvalue weighted by molar-refractivity contribution is -0.142. The van der Waals surface area contributed by atoms with Gasteiger partial charge in [0, 0.05) is 12.6 Å². The molecule has 0 heterocycles. The second kappa shape index (κ2) is 18.2. The lowest BCUT2D eigenvalue weighted by Crippen LogP contribution is -2.54. The van der Waals surface area contributed by atoms with Gasteiger partial charge in [-0.15, -0.1) is 0 Å². The summed E-state index contributed by atoms with van der Waals surface area (Å²) in [4.78, 5) is 42.3. The van der Waals surface area contributed by atoms with Crippen molar-refractivity contribution in [2.45, 2.75) is 124 Å². The number of amides is 3. The van der Waals surface area contributed by atoms with Crippen LogP contribution < -0.4 is 10.6 Å². The first-order valence-electron chi connectivity index (χ1n) is 14.6. The van der Waals surface area contributed by atoms with Gasteiger partial charge in [-0.05, 0) is 77.0 Å². The molecular weight excluding hydrogens is 510 g/mol.